The third-order valence-corrected chi connectivity index (χ3v) is 4.22. The lowest BCUT2D eigenvalue weighted by atomic mass is 10.3. The van der Waals surface area contributed by atoms with E-state index in [9.17, 15) is 13.2 Å². The Labute approximate surface area is 111 Å². The molecular formula is C12H14N2O4S. The summed E-state index contributed by atoms with van der Waals surface area (Å²) in [5, 5.41) is 17.1. The largest absolute Gasteiger partial charge is 0.480 e. The fourth-order valence-electron chi connectivity index (χ4n) is 1.50. The molecule has 0 aliphatic rings. The normalized spacial score (nSPS) is 10.7. The number of hydrogen-bond donors (Lipinski definition) is 1. The molecule has 102 valence electrons. The van der Waals surface area contributed by atoms with Crippen LogP contribution in [-0.2, 0) is 14.6 Å². The highest BCUT2D eigenvalue weighted by molar-refractivity contribution is 7.91. The van der Waals surface area contributed by atoms with Gasteiger partial charge in [-0.1, -0.05) is 0 Å². The molecule has 1 N–H and O–H groups in total. The SMILES string of the molecule is CN(CC(=O)O)c1ccc(S(=O)(=O)CCC#N)cc1. The van der Waals surface area contributed by atoms with Crippen molar-refractivity contribution in [2.75, 3.05) is 24.2 Å². The topological polar surface area (TPSA) is 98.5 Å². The first kappa shape index (κ1) is 15.0. The lowest BCUT2D eigenvalue weighted by Crippen LogP contribution is -2.25. The van der Waals surface area contributed by atoms with Crippen molar-refractivity contribution in [2.24, 2.45) is 0 Å². The van der Waals surface area contributed by atoms with Crippen LogP contribution in [0.3, 0.4) is 0 Å². The minimum Gasteiger partial charge on any atom is -0.480 e. The van der Waals surface area contributed by atoms with Crippen LogP contribution in [0.15, 0.2) is 29.2 Å². The Morgan fingerprint density at radius 2 is 1.95 bits per heavy atom. The van der Waals surface area contributed by atoms with E-state index in [1.165, 1.54) is 17.0 Å². The predicted octanol–water partition coefficient (Wildman–Crippen LogP) is 0.895. The monoisotopic (exact) mass is 282 g/mol. The minimum atomic E-state index is -3.45. The molecule has 0 saturated heterocycles. The van der Waals surface area contributed by atoms with E-state index in [4.69, 9.17) is 10.4 Å². The van der Waals surface area contributed by atoms with Gasteiger partial charge in [-0.05, 0) is 24.3 Å². The summed E-state index contributed by atoms with van der Waals surface area (Å²) in [6, 6.07) is 7.71. The first-order chi connectivity index (χ1) is 8.86. The van der Waals surface area contributed by atoms with Crippen molar-refractivity contribution in [3.63, 3.8) is 0 Å². The van der Waals surface area contributed by atoms with E-state index < -0.39 is 15.8 Å². The lowest BCUT2D eigenvalue weighted by Gasteiger charge is -2.16. The Bertz CT molecular complexity index is 587. The van der Waals surface area contributed by atoms with Crippen molar-refractivity contribution in [3.05, 3.63) is 24.3 Å². The standard InChI is InChI=1S/C12H14N2O4S/c1-14(9-12(15)16)10-3-5-11(6-4-10)19(17,18)8-2-7-13/h3-6H,2,8-9H2,1H3,(H,15,16). The van der Waals surface area contributed by atoms with Crippen molar-refractivity contribution < 1.29 is 18.3 Å². The summed E-state index contributed by atoms with van der Waals surface area (Å²) in [6.45, 7) is -0.166. The van der Waals surface area contributed by atoms with Gasteiger partial charge in [-0.15, -0.1) is 0 Å². The Hall–Kier alpha value is -2.07. The van der Waals surface area contributed by atoms with Crippen LogP contribution in [0, 0.1) is 11.3 Å². The molecule has 7 heteroatoms. The van der Waals surface area contributed by atoms with Gasteiger partial charge >= 0.3 is 5.97 Å². The van der Waals surface area contributed by atoms with E-state index in [1.807, 2.05) is 0 Å². The molecule has 0 aliphatic heterocycles. The molecule has 1 aromatic carbocycles. The lowest BCUT2D eigenvalue weighted by molar-refractivity contribution is -0.135. The number of rotatable bonds is 6. The number of carboxylic acid groups (broad SMARTS) is 1. The van der Waals surface area contributed by atoms with Crippen LogP contribution < -0.4 is 4.90 Å². The van der Waals surface area contributed by atoms with E-state index in [-0.39, 0.29) is 23.6 Å². The predicted molar refractivity (Wildman–Crippen MR) is 69.6 cm³/mol. The van der Waals surface area contributed by atoms with Crippen LogP contribution in [0.1, 0.15) is 6.42 Å². The summed E-state index contributed by atoms with van der Waals surface area (Å²) < 4.78 is 23.6. The van der Waals surface area contributed by atoms with Gasteiger partial charge in [-0.2, -0.15) is 5.26 Å². The number of sulfone groups is 1. The molecule has 0 spiro atoms. The summed E-state index contributed by atoms with van der Waals surface area (Å²) in [7, 11) is -1.84. The number of aliphatic carboxylic acids is 1. The highest BCUT2D eigenvalue weighted by Gasteiger charge is 2.14. The van der Waals surface area contributed by atoms with Gasteiger partial charge in [0, 0.05) is 19.2 Å². The van der Waals surface area contributed by atoms with E-state index in [1.54, 1.807) is 25.2 Å². The zero-order valence-corrected chi connectivity index (χ0v) is 11.2. The molecule has 0 radical (unpaired) electrons. The van der Waals surface area contributed by atoms with E-state index in [0.717, 1.165) is 0 Å². The Morgan fingerprint density at radius 1 is 1.37 bits per heavy atom. The fourth-order valence-corrected chi connectivity index (χ4v) is 2.65. The summed E-state index contributed by atoms with van der Waals surface area (Å²) in [6.07, 6.45) is -0.0526. The van der Waals surface area contributed by atoms with Gasteiger partial charge in [-0.3, -0.25) is 4.79 Å². The van der Waals surface area contributed by atoms with Gasteiger partial charge < -0.3 is 10.0 Å². The maximum atomic E-state index is 11.8. The summed E-state index contributed by atoms with van der Waals surface area (Å²) in [5.41, 5.74) is 0.613. The molecule has 1 aromatic rings. The van der Waals surface area contributed by atoms with Gasteiger partial charge in [0.1, 0.15) is 6.54 Å². The smallest absolute Gasteiger partial charge is 0.323 e. The van der Waals surface area contributed by atoms with E-state index in [0.29, 0.717) is 5.69 Å². The molecule has 0 heterocycles. The number of nitrogens with zero attached hydrogens (tertiary/aromatic N) is 2. The van der Waals surface area contributed by atoms with Crippen molar-refractivity contribution in [1.82, 2.24) is 0 Å². The maximum absolute atomic E-state index is 11.8. The molecule has 6 nitrogen and oxygen atoms in total. The Balaban J connectivity index is 2.88. The summed E-state index contributed by atoms with van der Waals surface area (Å²) >= 11 is 0. The second-order valence-corrected chi connectivity index (χ2v) is 6.08. The second kappa shape index (κ2) is 6.20. The van der Waals surface area contributed by atoms with Gasteiger partial charge in [0.15, 0.2) is 9.84 Å². The highest BCUT2D eigenvalue weighted by Crippen LogP contribution is 2.18. The zero-order chi connectivity index (χ0) is 14.5. The number of benzene rings is 1. The van der Waals surface area contributed by atoms with E-state index >= 15 is 0 Å². The van der Waals surface area contributed by atoms with Gasteiger partial charge in [-0.25, -0.2) is 8.42 Å². The van der Waals surface area contributed by atoms with Crippen LogP contribution in [-0.4, -0.2) is 38.8 Å². The molecule has 0 amide bonds. The second-order valence-electron chi connectivity index (χ2n) is 3.97. The summed E-state index contributed by atoms with van der Waals surface area (Å²) in [5.74, 6) is -1.18. The molecule has 0 aliphatic carbocycles. The first-order valence-corrected chi connectivity index (χ1v) is 7.15. The molecule has 1 rings (SSSR count). The van der Waals surface area contributed by atoms with Crippen LogP contribution in [0.2, 0.25) is 0 Å². The average Bonchev–Trinajstić information content (AvgIpc) is 2.36. The van der Waals surface area contributed by atoms with Crippen molar-refractivity contribution in [1.29, 1.82) is 5.26 Å². The summed E-state index contributed by atoms with van der Waals surface area (Å²) in [4.78, 5) is 12.2. The molecular weight excluding hydrogens is 268 g/mol. The van der Waals surface area contributed by atoms with Crippen molar-refractivity contribution >= 4 is 21.5 Å². The quantitative estimate of drug-likeness (QED) is 0.832. The Kier molecular flexibility index (Phi) is 4.89. The Morgan fingerprint density at radius 3 is 2.42 bits per heavy atom. The van der Waals surface area contributed by atoms with Crippen LogP contribution in [0.5, 0.6) is 0 Å². The third-order valence-electron chi connectivity index (χ3n) is 2.49. The maximum Gasteiger partial charge on any atom is 0.323 e. The number of nitriles is 1. The number of likely N-dealkylation sites (N-methyl/N-ethyl adjacent to an activating group) is 1. The number of carboxylic acids is 1. The molecule has 0 bridgehead atoms. The van der Waals surface area contributed by atoms with Gasteiger partial charge in [0.2, 0.25) is 0 Å². The van der Waals surface area contributed by atoms with E-state index in [2.05, 4.69) is 0 Å². The average molecular weight is 282 g/mol. The number of carbonyl (C=O) groups is 1. The molecule has 0 unspecified atom stereocenters. The third kappa shape index (κ3) is 4.26. The van der Waals surface area contributed by atoms with Crippen LogP contribution >= 0.6 is 0 Å². The van der Waals surface area contributed by atoms with Crippen LogP contribution in [0.25, 0.3) is 0 Å². The van der Waals surface area contributed by atoms with Gasteiger partial charge in [0.25, 0.3) is 0 Å². The first-order valence-electron chi connectivity index (χ1n) is 5.49. The number of hydrogen-bond acceptors (Lipinski definition) is 5. The molecule has 0 saturated carbocycles. The van der Waals surface area contributed by atoms with Gasteiger partial charge in [0.05, 0.1) is 16.7 Å². The fraction of sp³-hybridized carbons (Fsp3) is 0.333. The zero-order valence-electron chi connectivity index (χ0n) is 10.4. The molecule has 0 atom stereocenters. The minimum absolute atomic E-state index is 0.0526. The molecule has 0 aromatic heterocycles. The van der Waals surface area contributed by atoms with Crippen molar-refractivity contribution in [2.45, 2.75) is 11.3 Å². The van der Waals surface area contributed by atoms with Crippen molar-refractivity contribution in [3.8, 4) is 6.07 Å². The highest BCUT2D eigenvalue weighted by atomic mass is 32.2. The molecule has 19 heavy (non-hydrogen) atoms. The number of anilines is 1. The van der Waals surface area contributed by atoms with Crippen LogP contribution in [0.4, 0.5) is 5.69 Å². The molecule has 0 fully saturated rings.